The standard InChI is InChI=1S/C14H29N3/c1-2-7-15-14-5-10-17(11-6-14)13-12-16-8-3-4-9-16/h14-15H,2-13H2,1H3. The summed E-state index contributed by atoms with van der Waals surface area (Å²) in [7, 11) is 0. The van der Waals surface area contributed by atoms with Crippen LogP contribution in [0.1, 0.15) is 39.0 Å². The Kier molecular flexibility index (Phi) is 5.75. The first-order chi connectivity index (χ1) is 8.38. The largest absolute Gasteiger partial charge is 0.314 e. The van der Waals surface area contributed by atoms with Gasteiger partial charge in [-0.05, 0) is 64.8 Å². The van der Waals surface area contributed by atoms with Crippen molar-refractivity contribution in [2.24, 2.45) is 0 Å². The van der Waals surface area contributed by atoms with Gasteiger partial charge in [-0.2, -0.15) is 0 Å². The van der Waals surface area contributed by atoms with E-state index in [1.165, 1.54) is 77.9 Å². The van der Waals surface area contributed by atoms with Crippen LogP contribution in [0.2, 0.25) is 0 Å². The summed E-state index contributed by atoms with van der Waals surface area (Å²) in [5.41, 5.74) is 0. The fourth-order valence-corrected chi connectivity index (χ4v) is 3.00. The Hall–Kier alpha value is -0.120. The number of nitrogens with one attached hydrogen (secondary N) is 1. The molecule has 0 bridgehead atoms. The molecule has 2 aliphatic heterocycles. The molecule has 0 aromatic rings. The lowest BCUT2D eigenvalue weighted by Crippen LogP contribution is -2.44. The Balaban J connectivity index is 1.55. The zero-order chi connectivity index (χ0) is 11.9. The SMILES string of the molecule is CCCNC1CCN(CCN2CCCC2)CC1. The van der Waals surface area contributed by atoms with Crippen LogP contribution in [0, 0.1) is 0 Å². The Bertz CT molecular complexity index is 194. The minimum absolute atomic E-state index is 0.790. The molecule has 2 aliphatic rings. The first-order valence-corrected chi connectivity index (χ1v) is 7.56. The number of hydrogen-bond donors (Lipinski definition) is 1. The van der Waals surface area contributed by atoms with Gasteiger partial charge in [0.1, 0.15) is 0 Å². The van der Waals surface area contributed by atoms with Gasteiger partial charge < -0.3 is 15.1 Å². The van der Waals surface area contributed by atoms with E-state index in [0.717, 1.165) is 6.04 Å². The van der Waals surface area contributed by atoms with E-state index in [9.17, 15) is 0 Å². The van der Waals surface area contributed by atoms with E-state index < -0.39 is 0 Å². The molecule has 2 rings (SSSR count). The molecule has 2 saturated heterocycles. The normalized spacial score (nSPS) is 24.5. The van der Waals surface area contributed by atoms with Crippen LogP contribution in [-0.2, 0) is 0 Å². The first-order valence-electron chi connectivity index (χ1n) is 7.56. The third-order valence-electron chi connectivity index (χ3n) is 4.20. The number of nitrogens with zero attached hydrogens (tertiary/aromatic N) is 2. The van der Waals surface area contributed by atoms with E-state index >= 15 is 0 Å². The van der Waals surface area contributed by atoms with Gasteiger partial charge in [0, 0.05) is 19.1 Å². The molecule has 0 aromatic carbocycles. The highest BCUT2D eigenvalue weighted by Gasteiger charge is 2.19. The maximum atomic E-state index is 3.65. The van der Waals surface area contributed by atoms with E-state index in [-0.39, 0.29) is 0 Å². The topological polar surface area (TPSA) is 18.5 Å². The lowest BCUT2D eigenvalue weighted by molar-refractivity contribution is 0.175. The number of likely N-dealkylation sites (tertiary alicyclic amines) is 2. The molecule has 0 atom stereocenters. The second-order valence-electron chi connectivity index (χ2n) is 5.62. The van der Waals surface area contributed by atoms with Crippen molar-refractivity contribution in [2.45, 2.75) is 45.1 Å². The van der Waals surface area contributed by atoms with Crippen LogP contribution < -0.4 is 5.32 Å². The fraction of sp³-hybridized carbons (Fsp3) is 1.00. The Morgan fingerprint density at radius 1 is 0.941 bits per heavy atom. The van der Waals surface area contributed by atoms with Crippen molar-refractivity contribution >= 4 is 0 Å². The second-order valence-corrected chi connectivity index (χ2v) is 5.62. The van der Waals surface area contributed by atoms with Crippen LogP contribution in [0.5, 0.6) is 0 Å². The fourth-order valence-electron chi connectivity index (χ4n) is 3.00. The zero-order valence-corrected chi connectivity index (χ0v) is 11.5. The molecule has 1 N–H and O–H groups in total. The van der Waals surface area contributed by atoms with Crippen molar-refractivity contribution in [2.75, 3.05) is 45.8 Å². The zero-order valence-electron chi connectivity index (χ0n) is 11.5. The molecular weight excluding hydrogens is 210 g/mol. The maximum absolute atomic E-state index is 3.65. The molecule has 3 heteroatoms. The van der Waals surface area contributed by atoms with Crippen molar-refractivity contribution < 1.29 is 0 Å². The Morgan fingerprint density at radius 2 is 1.53 bits per heavy atom. The van der Waals surface area contributed by atoms with Gasteiger partial charge in [-0.1, -0.05) is 6.92 Å². The van der Waals surface area contributed by atoms with Gasteiger partial charge in [0.25, 0.3) is 0 Å². The smallest absolute Gasteiger partial charge is 0.0109 e. The van der Waals surface area contributed by atoms with Crippen LogP contribution in [0.3, 0.4) is 0 Å². The molecule has 3 nitrogen and oxygen atoms in total. The van der Waals surface area contributed by atoms with Gasteiger partial charge >= 0.3 is 0 Å². The summed E-state index contributed by atoms with van der Waals surface area (Å²) < 4.78 is 0. The summed E-state index contributed by atoms with van der Waals surface area (Å²) in [6.07, 6.45) is 6.79. The summed E-state index contributed by atoms with van der Waals surface area (Å²) in [4.78, 5) is 5.28. The third kappa shape index (κ3) is 4.57. The van der Waals surface area contributed by atoms with Crippen molar-refractivity contribution in [3.8, 4) is 0 Å². The van der Waals surface area contributed by atoms with Gasteiger partial charge in [0.2, 0.25) is 0 Å². The van der Waals surface area contributed by atoms with Crippen molar-refractivity contribution in [3.63, 3.8) is 0 Å². The lowest BCUT2D eigenvalue weighted by atomic mass is 10.1. The Labute approximate surface area is 107 Å². The predicted molar refractivity (Wildman–Crippen MR) is 73.4 cm³/mol. The molecular formula is C14H29N3. The van der Waals surface area contributed by atoms with Crippen molar-refractivity contribution in [1.82, 2.24) is 15.1 Å². The lowest BCUT2D eigenvalue weighted by Gasteiger charge is -2.33. The first kappa shape index (κ1) is 13.3. The number of piperidine rings is 1. The monoisotopic (exact) mass is 239 g/mol. The summed E-state index contributed by atoms with van der Waals surface area (Å²) in [6.45, 7) is 11.3. The minimum atomic E-state index is 0.790. The van der Waals surface area contributed by atoms with Crippen molar-refractivity contribution in [1.29, 1.82) is 0 Å². The molecule has 2 heterocycles. The van der Waals surface area contributed by atoms with E-state index in [4.69, 9.17) is 0 Å². The second kappa shape index (κ2) is 7.34. The maximum Gasteiger partial charge on any atom is 0.0109 e. The molecule has 2 fully saturated rings. The highest BCUT2D eigenvalue weighted by atomic mass is 15.2. The molecule has 0 radical (unpaired) electrons. The summed E-state index contributed by atoms with van der Waals surface area (Å²) in [5.74, 6) is 0. The van der Waals surface area contributed by atoms with Crippen LogP contribution in [0.4, 0.5) is 0 Å². The highest BCUT2D eigenvalue weighted by molar-refractivity contribution is 4.78. The third-order valence-corrected chi connectivity index (χ3v) is 4.20. The van der Waals surface area contributed by atoms with E-state index in [1.54, 1.807) is 0 Å². The van der Waals surface area contributed by atoms with E-state index in [1.807, 2.05) is 0 Å². The minimum Gasteiger partial charge on any atom is -0.314 e. The molecule has 0 amide bonds. The van der Waals surface area contributed by atoms with Gasteiger partial charge in [-0.15, -0.1) is 0 Å². The molecule has 17 heavy (non-hydrogen) atoms. The van der Waals surface area contributed by atoms with Crippen molar-refractivity contribution in [3.05, 3.63) is 0 Å². The predicted octanol–water partition coefficient (Wildman–Crippen LogP) is 1.55. The molecule has 100 valence electrons. The molecule has 0 spiro atoms. The van der Waals surface area contributed by atoms with E-state index in [2.05, 4.69) is 22.0 Å². The van der Waals surface area contributed by atoms with Crippen LogP contribution in [-0.4, -0.2) is 61.7 Å². The van der Waals surface area contributed by atoms with Gasteiger partial charge in [-0.25, -0.2) is 0 Å². The molecule has 0 unspecified atom stereocenters. The molecule has 0 aromatic heterocycles. The van der Waals surface area contributed by atoms with Gasteiger partial charge in [0.05, 0.1) is 0 Å². The van der Waals surface area contributed by atoms with Crippen LogP contribution >= 0.6 is 0 Å². The Morgan fingerprint density at radius 3 is 2.12 bits per heavy atom. The summed E-state index contributed by atoms with van der Waals surface area (Å²) in [6, 6.07) is 0.790. The number of hydrogen-bond acceptors (Lipinski definition) is 3. The van der Waals surface area contributed by atoms with Gasteiger partial charge in [0.15, 0.2) is 0 Å². The van der Waals surface area contributed by atoms with Crippen LogP contribution in [0.25, 0.3) is 0 Å². The highest BCUT2D eigenvalue weighted by Crippen LogP contribution is 2.11. The number of rotatable bonds is 6. The quantitative estimate of drug-likeness (QED) is 0.758. The average molecular weight is 239 g/mol. The van der Waals surface area contributed by atoms with E-state index in [0.29, 0.717) is 0 Å². The summed E-state index contributed by atoms with van der Waals surface area (Å²) in [5, 5.41) is 3.65. The summed E-state index contributed by atoms with van der Waals surface area (Å²) >= 11 is 0. The molecule has 0 aliphatic carbocycles. The van der Waals surface area contributed by atoms with Gasteiger partial charge in [-0.3, -0.25) is 0 Å². The average Bonchev–Trinajstić information content (AvgIpc) is 2.88. The molecule has 0 saturated carbocycles. The van der Waals surface area contributed by atoms with Crippen LogP contribution in [0.15, 0.2) is 0 Å².